The third-order valence-corrected chi connectivity index (χ3v) is 5.45. The van der Waals surface area contributed by atoms with Crippen molar-refractivity contribution in [1.29, 1.82) is 0 Å². The van der Waals surface area contributed by atoms with Gasteiger partial charge in [-0.1, -0.05) is 12.1 Å². The highest BCUT2D eigenvalue weighted by Gasteiger charge is 2.59. The summed E-state index contributed by atoms with van der Waals surface area (Å²) in [5.74, 6) is 1.29. The van der Waals surface area contributed by atoms with E-state index in [1.165, 1.54) is 10.5 Å². The minimum absolute atomic E-state index is 0.0491. The number of carbonyl (C=O) groups excluding carboxylic acids is 1. The van der Waals surface area contributed by atoms with E-state index >= 15 is 0 Å². The molecule has 1 aliphatic carbocycles. The third kappa shape index (κ3) is 2.47. The van der Waals surface area contributed by atoms with Crippen LogP contribution in [0.1, 0.15) is 24.6 Å². The van der Waals surface area contributed by atoms with Crippen molar-refractivity contribution < 1.29 is 4.79 Å². The molecule has 2 aliphatic rings. The fourth-order valence-electron chi connectivity index (χ4n) is 2.75. The topological polar surface area (TPSA) is 32.3 Å². The molecule has 1 aliphatic heterocycles. The molecule has 0 bridgehead atoms. The summed E-state index contributed by atoms with van der Waals surface area (Å²) in [7, 11) is 0. The van der Waals surface area contributed by atoms with E-state index in [9.17, 15) is 4.79 Å². The minimum atomic E-state index is -0.235. The second-order valence-corrected chi connectivity index (χ2v) is 7.26. The average molecular weight is 308 g/mol. The molecule has 1 unspecified atom stereocenters. The maximum Gasteiger partial charge on any atom is 0.244 e. The van der Waals surface area contributed by atoms with E-state index in [0.717, 1.165) is 25.1 Å². The molecule has 1 N–H and O–H groups in total. The largest absolute Gasteiger partial charge is 0.320 e. The van der Waals surface area contributed by atoms with Gasteiger partial charge < -0.3 is 4.90 Å². The highest BCUT2D eigenvalue weighted by molar-refractivity contribution is 7.98. The van der Waals surface area contributed by atoms with E-state index in [1.807, 2.05) is 4.90 Å². The highest BCUT2D eigenvalue weighted by Crippen LogP contribution is 2.45. The number of amides is 1. The van der Waals surface area contributed by atoms with Gasteiger partial charge in [0.15, 0.2) is 0 Å². The van der Waals surface area contributed by atoms with Crippen LogP contribution < -0.4 is 5.32 Å². The number of benzene rings is 1. The van der Waals surface area contributed by atoms with Gasteiger partial charge in [0.05, 0.1) is 0 Å². The summed E-state index contributed by atoms with van der Waals surface area (Å²) >= 11 is 3.53. The van der Waals surface area contributed by atoms with Crippen LogP contribution in [-0.4, -0.2) is 41.2 Å². The molecule has 1 aromatic rings. The van der Waals surface area contributed by atoms with Crippen molar-refractivity contribution in [3.05, 3.63) is 29.8 Å². The zero-order valence-corrected chi connectivity index (χ0v) is 13.5. The number of nitrogens with zero attached hydrogens (tertiary/aromatic N) is 1. The SMILES string of the molecule is CSCCN1C(=O)C2(CC2)NC1c1ccc(SC)cc1. The molecule has 3 rings (SSSR count). The lowest BCUT2D eigenvalue weighted by atomic mass is 10.1. The van der Waals surface area contributed by atoms with Crippen LogP contribution in [0.25, 0.3) is 0 Å². The molecule has 20 heavy (non-hydrogen) atoms. The Hall–Kier alpha value is -0.650. The van der Waals surface area contributed by atoms with Gasteiger partial charge in [-0.05, 0) is 43.0 Å². The average Bonchev–Trinajstić information content (AvgIpc) is 3.21. The zero-order valence-electron chi connectivity index (χ0n) is 11.9. The lowest BCUT2D eigenvalue weighted by molar-refractivity contribution is -0.130. The molecule has 1 saturated carbocycles. The van der Waals surface area contributed by atoms with Crippen molar-refractivity contribution in [3.63, 3.8) is 0 Å². The van der Waals surface area contributed by atoms with Crippen LogP contribution >= 0.6 is 23.5 Å². The standard InChI is InChI=1S/C15H20N2OS2/c1-19-10-9-17-13(16-15(7-8-15)14(17)18)11-3-5-12(20-2)6-4-11/h3-6,13,16H,7-10H2,1-2H3. The Bertz CT molecular complexity index is 499. The number of thioether (sulfide) groups is 2. The van der Waals surface area contributed by atoms with Gasteiger partial charge in [0, 0.05) is 17.2 Å². The first-order chi connectivity index (χ1) is 9.70. The van der Waals surface area contributed by atoms with Crippen molar-refractivity contribution in [2.45, 2.75) is 29.4 Å². The van der Waals surface area contributed by atoms with Crippen LogP contribution in [0.3, 0.4) is 0 Å². The Morgan fingerprint density at radius 2 is 2.00 bits per heavy atom. The Kier molecular flexibility index (Phi) is 4.02. The fraction of sp³-hybridized carbons (Fsp3) is 0.533. The fourth-order valence-corrected chi connectivity index (χ4v) is 3.53. The molecule has 1 aromatic carbocycles. The Morgan fingerprint density at radius 1 is 1.30 bits per heavy atom. The summed E-state index contributed by atoms with van der Waals surface area (Å²) in [6.07, 6.45) is 6.19. The van der Waals surface area contributed by atoms with Crippen LogP contribution in [-0.2, 0) is 4.79 Å². The van der Waals surface area contributed by atoms with Gasteiger partial charge in [0.25, 0.3) is 0 Å². The monoisotopic (exact) mass is 308 g/mol. The van der Waals surface area contributed by atoms with E-state index in [1.54, 1.807) is 23.5 Å². The van der Waals surface area contributed by atoms with Gasteiger partial charge in [-0.25, -0.2) is 0 Å². The summed E-state index contributed by atoms with van der Waals surface area (Å²) in [4.78, 5) is 15.8. The number of rotatable bonds is 5. The van der Waals surface area contributed by atoms with E-state index in [-0.39, 0.29) is 11.7 Å². The van der Waals surface area contributed by atoms with E-state index < -0.39 is 0 Å². The van der Waals surface area contributed by atoms with Gasteiger partial charge in [-0.3, -0.25) is 10.1 Å². The summed E-state index contributed by atoms with van der Waals surface area (Å²) in [6, 6.07) is 8.56. The van der Waals surface area contributed by atoms with Gasteiger partial charge in [-0.15, -0.1) is 11.8 Å². The summed E-state index contributed by atoms with van der Waals surface area (Å²) in [6.45, 7) is 0.823. The highest BCUT2D eigenvalue weighted by atomic mass is 32.2. The van der Waals surface area contributed by atoms with Gasteiger partial charge in [-0.2, -0.15) is 11.8 Å². The Labute approximate surface area is 128 Å². The Balaban J connectivity index is 1.83. The van der Waals surface area contributed by atoms with Crippen molar-refractivity contribution in [2.75, 3.05) is 24.8 Å². The summed E-state index contributed by atoms with van der Waals surface area (Å²) < 4.78 is 0. The summed E-state index contributed by atoms with van der Waals surface area (Å²) in [5, 5.41) is 3.56. The quantitative estimate of drug-likeness (QED) is 0.848. The number of hydrogen-bond donors (Lipinski definition) is 1. The third-order valence-electron chi connectivity index (χ3n) is 4.11. The van der Waals surface area contributed by atoms with Gasteiger partial charge >= 0.3 is 0 Å². The van der Waals surface area contributed by atoms with Crippen LogP contribution in [0.4, 0.5) is 0 Å². The normalized spacial score (nSPS) is 23.6. The molecule has 2 fully saturated rings. The van der Waals surface area contributed by atoms with Crippen LogP contribution in [0.15, 0.2) is 29.2 Å². The van der Waals surface area contributed by atoms with Crippen molar-refractivity contribution in [3.8, 4) is 0 Å². The predicted molar refractivity (Wildman–Crippen MR) is 86.2 cm³/mol. The lowest BCUT2D eigenvalue weighted by Gasteiger charge is -2.24. The van der Waals surface area contributed by atoms with Gasteiger partial charge in [0.2, 0.25) is 5.91 Å². The van der Waals surface area contributed by atoms with Crippen LogP contribution in [0, 0.1) is 0 Å². The second-order valence-electron chi connectivity index (χ2n) is 5.39. The van der Waals surface area contributed by atoms with Gasteiger partial charge in [0.1, 0.15) is 11.7 Å². The molecule has 3 nitrogen and oxygen atoms in total. The first kappa shape index (κ1) is 14.3. The van der Waals surface area contributed by atoms with E-state index in [4.69, 9.17) is 0 Å². The first-order valence-corrected chi connectivity index (χ1v) is 9.54. The van der Waals surface area contributed by atoms with E-state index in [0.29, 0.717) is 5.91 Å². The molecule has 1 atom stereocenters. The molecule has 0 radical (unpaired) electrons. The number of nitrogens with one attached hydrogen (secondary N) is 1. The molecule has 5 heteroatoms. The van der Waals surface area contributed by atoms with E-state index in [2.05, 4.69) is 42.1 Å². The van der Waals surface area contributed by atoms with Crippen molar-refractivity contribution in [2.24, 2.45) is 0 Å². The lowest BCUT2D eigenvalue weighted by Crippen LogP contribution is -2.33. The number of hydrogen-bond acceptors (Lipinski definition) is 4. The van der Waals surface area contributed by atoms with Crippen LogP contribution in [0.5, 0.6) is 0 Å². The van der Waals surface area contributed by atoms with Crippen molar-refractivity contribution in [1.82, 2.24) is 10.2 Å². The van der Waals surface area contributed by atoms with Crippen molar-refractivity contribution >= 4 is 29.4 Å². The predicted octanol–water partition coefficient (Wildman–Crippen LogP) is 2.73. The molecule has 108 valence electrons. The smallest absolute Gasteiger partial charge is 0.244 e. The second kappa shape index (κ2) is 5.62. The maximum atomic E-state index is 12.6. The minimum Gasteiger partial charge on any atom is -0.320 e. The first-order valence-electron chi connectivity index (χ1n) is 6.92. The molecule has 0 aromatic heterocycles. The molecular weight excluding hydrogens is 288 g/mol. The van der Waals surface area contributed by atoms with Crippen LogP contribution in [0.2, 0.25) is 0 Å². The Morgan fingerprint density at radius 3 is 2.55 bits per heavy atom. The molecule has 1 spiro atoms. The summed E-state index contributed by atoms with van der Waals surface area (Å²) in [5.41, 5.74) is 0.961. The zero-order chi connectivity index (χ0) is 14.2. The molecule has 1 amide bonds. The maximum absolute atomic E-state index is 12.6. The molecule has 1 heterocycles. The molecule has 1 saturated heterocycles. The molecular formula is C15H20N2OS2. The number of carbonyl (C=O) groups is 1.